The summed E-state index contributed by atoms with van der Waals surface area (Å²) < 4.78 is 0. The average molecular weight is 132 g/mol. The van der Waals surface area contributed by atoms with E-state index < -0.39 is 12.2 Å². The second kappa shape index (κ2) is 3.61. The predicted molar refractivity (Wildman–Crippen MR) is 34.0 cm³/mol. The second-order valence-corrected chi connectivity index (χ2v) is 2.11. The Morgan fingerprint density at radius 1 is 1.67 bits per heavy atom. The van der Waals surface area contributed by atoms with Gasteiger partial charge in [-0.1, -0.05) is 6.58 Å². The van der Waals surface area contributed by atoms with Gasteiger partial charge in [0.05, 0.1) is 6.10 Å². The van der Waals surface area contributed by atoms with Gasteiger partial charge in [0.15, 0.2) is 0 Å². The van der Waals surface area contributed by atoms with Gasteiger partial charge in [-0.15, -0.1) is 0 Å². The van der Waals surface area contributed by atoms with Crippen molar-refractivity contribution in [1.29, 1.82) is 0 Å². The molecule has 0 aromatic carbocycles. The van der Waals surface area contributed by atoms with Crippen molar-refractivity contribution in [1.82, 2.24) is 0 Å². The van der Waals surface area contributed by atoms with Crippen LogP contribution in [0.3, 0.4) is 0 Å². The molecule has 1 unspecified atom stereocenters. The normalized spacial score (nSPS) is 16.9. The molecular weight excluding hydrogens is 120 g/mol. The first-order chi connectivity index (χ1) is 4.09. The summed E-state index contributed by atoms with van der Waals surface area (Å²) in [5.74, 6) is 0. The zero-order valence-corrected chi connectivity index (χ0v) is 5.66. The summed E-state index contributed by atoms with van der Waals surface area (Å²) in [6, 6.07) is 0. The molecule has 3 heteroatoms. The minimum atomic E-state index is -0.715. The topological polar surface area (TPSA) is 49.7 Å². The molecule has 2 N–H and O–H groups in total. The first-order valence-corrected chi connectivity index (χ1v) is 2.73. The molecule has 0 amide bonds. The van der Waals surface area contributed by atoms with Gasteiger partial charge in [0.2, 0.25) is 0 Å². The van der Waals surface area contributed by atoms with Crippen molar-refractivity contribution in [2.75, 3.05) is 0 Å². The van der Waals surface area contributed by atoms with Crippen LogP contribution in [0.25, 0.3) is 0 Å². The largest absolute Gasteiger partial charge is 0.390 e. The lowest BCUT2D eigenvalue weighted by Crippen LogP contribution is -2.25. The monoisotopic (exact) mass is 132 g/mol. The van der Waals surface area contributed by atoms with Crippen LogP contribution < -0.4 is 0 Å². The molecule has 0 rings (SSSR count). The maximum atomic E-state index is 8.84. The van der Waals surface area contributed by atoms with Crippen molar-refractivity contribution in [2.24, 2.45) is 0 Å². The quantitative estimate of drug-likeness (QED) is 0.339. The highest BCUT2D eigenvalue weighted by Crippen LogP contribution is 2.06. The molecule has 0 spiro atoms. The van der Waals surface area contributed by atoms with Gasteiger partial charge in [0.25, 0.3) is 0 Å². The van der Waals surface area contributed by atoms with E-state index in [2.05, 4.69) is 11.5 Å². The third-order valence-corrected chi connectivity index (χ3v) is 1.04. The summed E-state index contributed by atoms with van der Waals surface area (Å²) in [6.45, 7) is 6.70. The SMILES string of the molecule is C=C(C)C(OO)[C@@H](C)O. The number of aliphatic hydroxyl groups is 1. The van der Waals surface area contributed by atoms with Crippen molar-refractivity contribution in [2.45, 2.75) is 26.1 Å². The predicted octanol–water partition coefficient (Wildman–Crippen LogP) is 0.801. The van der Waals surface area contributed by atoms with Gasteiger partial charge in [-0.05, 0) is 19.4 Å². The van der Waals surface area contributed by atoms with Crippen molar-refractivity contribution < 1.29 is 15.3 Å². The van der Waals surface area contributed by atoms with Crippen molar-refractivity contribution >= 4 is 0 Å². The van der Waals surface area contributed by atoms with Gasteiger partial charge >= 0.3 is 0 Å². The third kappa shape index (κ3) is 2.60. The molecule has 0 aromatic heterocycles. The van der Waals surface area contributed by atoms with Gasteiger partial charge < -0.3 is 5.11 Å². The molecule has 0 heterocycles. The van der Waals surface area contributed by atoms with Crippen LogP contribution in [0.1, 0.15) is 13.8 Å². The molecule has 0 radical (unpaired) electrons. The fourth-order valence-electron chi connectivity index (χ4n) is 0.590. The Bertz CT molecular complexity index is 98.5. The maximum Gasteiger partial charge on any atom is 0.139 e. The molecule has 0 aromatic rings. The van der Waals surface area contributed by atoms with E-state index in [4.69, 9.17) is 10.4 Å². The van der Waals surface area contributed by atoms with E-state index in [1.54, 1.807) is 6.92 Å². The minimum absolute atomic E-state index is 0.604. The smallest absolute Gasteiger partial charge is 0.139 e. The van der Waals surface area contributed by atoms with Crippen LogP contribution in [-0.4, -0.2) is 22.6 Å². The lowest BCUT2D eigenvalue weighted by Gasteiger charge is -2.15. The summed E-state index contributed by atoms with van der Waals surface area (Å²) >= 11 is 0. The van der Waals surface area contributed by atoms with Crippen LogP contribution in [0.15, 0.2) is 12.2 Å². The van der Waals surface area contributed by atoms with E-state index >= 15 is 0 Å². The summed E-state index contributed by atoms with van der Waals surface area (Å²) in [5.41, 5.74) is 0.604. The Hall–Kier alpha value is -0.380. The molecule has 0 aliphatic heterocycles. The second-order valence-electron chi connectivity index (χ2n) is 2.11. The standard InChI is InChI=1S/C6H12O3/c1-4(2)6(9-8)5(3)7/h5-8H,1H2,2-3H3/t5-,6?/m1/s1. The van der Waals surface area contributed by atoms with Gasteiger partial charge in [-0.25, -0.2) is 4.89 Å². The maximum absolute atomic E-state index is 8.84. The molecule has 0 saturated heterocycles. The van der Waals surface area contributed by atoms with Crippen LogP contribution in [0, 0.1) is 0 Å². The van der Waals surface area contributed by atoms with Crippen molar-refractivity contribution in [3.05, 3.63) is 12.2 Å². The molecule has 0 saturated carbocycles. The van der Waals surface area contributed by atoms with Gasteiger partial charge in [-0.2, -0.15) is 0 Å². The minimum Gasteiger partial charge on any atom is -0.390 e. The molecule has 0 aliphatic rings. The Morgan fingerprint density at radius 3 is 2.11 bits per heavy atom. The number of aliphatic hydroxyl groups excluding tert-OH is 1. The van der Waals surface area contributed by atoms with Crippen LogP contribution >= 0.6 is 0 Å². The summed E-state index contributed by atoms with van der Waals surface area (Å²) in [6.07, 6.45) is -1.38. The number of hydrogen-bond acceptors (Lipinski definition) is 3. The van der Waals surface area contributed by atoms with Crippen LogP contribution in [0.5, 0.6) is 0 Å². The van der Waals surface area contributed by atoms with E-state index in [0.717, 1.165) is 0 Å². The average Bonchev–Trinajstić information content (AvgIpc) is 1.64. The Kier molecular flexibility index (Phi) is 3.46. The summed E-state index contributed by atoms with van der Waals surface area (Å²) in [4.78, 5) is 3.92. The fourth-order valence-corrected chi connectivity index (χ4v) is 0.590. The summed E-state index contributed by atoms with van der Waals surface area (Å²) in [5, 5.41) is 17.0. The molecule has 2 atom stereocenters. The van der Waals surface area contributed by atoms with Crippen LogP contribution in [0.4, 0.5) is 0 Å². The highest BCUT2D eigenvalue weighted by molar-refractivity contribution is 4.99. The fraction of sp³-hybridized carbons (Fsp3) is 0.667. The molecule has 9 heavy (non-hydrogen) atoms. The Balaban J connectivity index is 3.83. The first kappa shape index (κ1) is 8.62. The van der Waals surface area contributed by atoms with E-state index in [9.17, 15) is 0 Å². The molecular formula is C6H12O3. The molecule has 3 nitrogen and oxygen atoms in total. The lowest BCUT2D eigenvalue weighted by atomic mass is 10.1. The lowest BCUT2D eigenvalue weighted by molar-refractivity contribution is -0.284. The zero-order chi connectivity index (χ0) is 7.44. The van der Waals surface area contributed by atoms with Gasteiger partial charge in [-0.3, -0.25) is 5.26 Å². The van der Waals surface area contributed by atoms with Gasteiger partial charge in [0.1, 0.15) is 6.10 Å². The van der Waals surface area contributed by atoms with E-state index in [-0.39, 0.29) is 0 Å². The van der Waals surface area contributed by atoms with E-state index in [0.29, 0.717) is 5.57 Å². The highest BCUT2D eigenvalue weighted by Gasteiger charge is 2.15. The van der Waals surface area contributed by atoms with Crippen molar-refractivity contribution in [3.63, 3.8) is 0 Å². The third-order valence-electron chi connectivity index (χ3n) is 1.04. The number of hydrogen-bond donors (Lipinski definition) is 2. The Morgan fingerprint density at radius 2 is 2.11 bits per heavy atom. The van der Waals surface area contributed by atoms with Crippen molar-refractivity contribution in [3.8, 4) is 0 Å². The van der Waals surface area contributed by atoms with Gasteiger partial charge in [0, 0.05) is 0 Å². The van der Waals surface area contributed by atoms with Crippen LogP contribution in [0.2, 0.25) is 0 Å². The number of rotatable bonds is 3. The molecule has 54 valence electrons. The molecule has 0 bridgehead atoms. The summed E-state index contributed by atoms with van der Waals surface area (Å²) in [7, 11) is 0. The first-order valence-electron chi connectivity index (χ1n) is 2.73. The molecule has 0 fully saturated rings. The zero-order valence-electron chi connectivity index (χ0n) is 5.66. The van der Waals surface area contributed by atoms with E-state index in [1.807, 2.05) is 0 Å². The van der Waals surface area contributed by atoms with E-state index in [1.165, 1.54) is 6.92 Å². The highest BCUT2D eigenvalue weighted by atomic mass is 17.1. The Labute approximate surface area is 54.5 Å². The molecule has 0 aliphatic carbocycles. The van der Waals surface area contributed by atoms with Crippen LogP contribution in [-0.2, 0) is 4.89 Å².